The minimum absolute atomic E-state index is 0.0829. The van der Waals surface area contributed by atoms with Gasteiger partial charge in [0.25, 0.3) is 0 Å². The van der Waals surface area contributed by atoms with Crippen molar-refractivity contribution >= 4 is 33.0 Å². The first kappa shape index (κ1) is 14.2. The number of rotatable bonds is 4. The summed E-state index contributed by atoms with van der Waals surface area (Å²) < 4.78 is 6.23. The number of hydrogen-bond acceptors (Lipinski definition) is 4. The quantitative estimate of drug-likeness (QED) is 0.791. The van der Waals surface area contributed by atoms with E-state index in [-0.39, 0.29) is 5.78 Å². The number of ketones is 1. The number of methoxy groups -OCH3 is 1. The molecule has 5 heteroatoms. The fourth-order valence-corrected chi connectivity index (χ4v) is 3.19. The maximum Gasteiger partial charge on any atom is 0.179 e. The van der Waals surface area contributed by atoms with Gasteiger partial charge in [0, 0.05) is 16.5 Å². The van der Waals surface area contributed by atoms with E-state index in [2.05, 4.69) is 20.9 Å². The molecule has 2 aromatic rings. The highest BCUT2D eigenvalue weighted by Gasteiger charge is 2.16. The van der Waals surface area contributed by atoms with Crippen molar-refractivity contribution in [1.82, 2.24) is 4.98 Å². The molecule has 0 N–H and O–H groups in total. The van der Waals surface area contributed by atoms with Gasteiger partial charge in [-0.25, -0.2) is 4.98 Å². The van der Waals surface area contributed by atoms with E-state index < -0.39 is 0 Å². The number of hydrogen-bond donors (Lipinski definition) is 0. The molecule has 2 rings (SSSR count). The summed E-state index contributed by atoms with van der Waals surface area (Å²) in [5, 5.41) is 0.919. The first-order valence-electron chi connectivity index (χ1n) is 5.81. The Labute approximate surface area is 124 Å². The maximum absolute atomic E-state index is 12.3. The molecule has 19 heavy (non-hydrogen) atoms. The summed E-state index contributed by atoms with van der Waals surface area (Å²) >= 11 is 4.86. The van der Waals surface area contributed by atoms with Gasteiger partial charge in [-0.1, -0.05) is 15.9 Å². The Morgan fingerprint density at radius 1 is 1.42 bits per heavy atom. The Balaban J connectivity index is 2.28. The number of carbonyl (C=O) groups is 1. The highest BCUT2D eigenvalue weighted by atomic mass is 79.9. The predicted molar refractivity (Wildman–Crippen MR) is 80.3 cm³/mol. The molecule has 0 fully saturated rings. The fourth-order valence-electron chi connectivity index (χ4n) is 1.93. The average molecular weight is 340 g/mol. The smallest absolute Gasteiger partial charge is 0.179 e. The molecule has 0 atom stereocenters. The molecule has 0 aliphatic rings. The molecule has 0 aliphatic carbocycles. The molecule has 0 saturated carbocycles. The van der Waals surface area contributed by atoms with Gasteiger partial charge in [0.15, 0.2) is 5.78 Å². The fraction of sp³-hybridized carbons (Fsp3) is 0.286. The van der Waals surface area contributed by atoms with Crippen molar-refractivity contribution < 1.29 is 9.53 Å². The summed E-state index contributed by atoms with van der Waals surface area (Å²) in [5.74, 6) is 0.815. The number of Topliss-reactive ketones (excluding diaryl/α,β-unsaturated/α-hetero) is 1. The van der Waals surface area contributed by atoms with Crippen molar-refractivity contribution in [3.8, 4) is 5.75 Å². The Kier molecular flexibility index (Phi) is 4.37. The van der Waals surface area contributed by atoms with E-state index in [9.17, 15) is 4.79 Å². The number of ether oxygens (including phenoxy) is 1. The highest BCUT2D eigenvalue weighted by molar-refractivity contribution is 9.10. The monoisotopic (exact) mass is 339 g/mol. The molecule has 1 aromatic carbocycles. The Bertz CT molecular complexity index is 622. The lowest BCUT2D eigenvalue weighted by Gasteiger charge is -2.08. The van der Waals surface area contributed by atoms with E-state index in [1.54, 1.807) is 7.11 Å². The third kappa shape index (κ3) is 3.22. The van der Waals surface area contributed by atoms with Crippen LogP contribution in [0.1, 0.15) is 25.9 Å². The van der Waals surface area contributed by atoms with Crippen LogP contribution in [-0.2, 0) is 6.42 Å². The summed E-state index contributed by atoms with van der Waals surface area (Å²) in [6.45, 7) is 3.78. The van der Waals surface area contributed by atoms with Crippen LogP contribution in [0.4, 0.5) is 0 Å². The lowest BCUT2D eigenvalue weighted by molar-refractivity contribution is 0.0995. The van der Waals surface area contributed by atoms with Gasteiger partial charge in [0.2, 0.25) is 0 Å². The predicted octanol–water partition coefficient (Wildman–Crippen LogP) is 3.96. The molecule has 1 heterocycles. The van der Waals surface area contributed by atoms with Gasteiger partial charge < -0.3 is 4.74 Å². The summed E-state index contributed by atoms with van der Waals surface area (Å²) in [5.41, 5.74) is 1.69. The minimum Gasteiger partial charge on any atom is -0.496 e. The molecule has 0 saturated heterocycles. The summed E-state index contributed by atoms with van der Waals surface area (Å²) in [6.07, 6.45) is 0.324. The molecular weight excluding hydrogens is 326 g/mol. The number of nitrogens with zero attached hydrogens (tertiary/aromatic N) is 1. The zero-order valence-corrected chi connectivity index (χ0v) is 13.4. The van der Waals surface area contributed by atoms with Crippen LogP contribution in [0.3, 0.4) is 0 Å². The first-order chi connectivity index (χ1) is 9.01. The number of carbonyl (C=O) groups excluding carboxylic acids is 1. The molecule has 0 unspecified atom stereocenters. The SMILES string of the molecule is COc1ccc(Br)cc1CC(=O)c1sc(C)nc1C. The van der Waals surface area contributed by atoms with Crippen molar-refractivity contribution in [2.45, 2.75) is 20.3 Å². The minimum atomic E-state index is 0.0829. The summed E-state index contributed by atoms with van der Waals surface area (Å²) in [6, 6.07) is 5.67. The van der Waals surface area contributed by atoms with Crippen LogP contribution >= 0.6 is 27.3 Å². The van der Waals surface area contributed by atoms with Gasteiger partial charge in [0.05, 0.1) is 22.7 Å². The number of halogens is 1. The van der Waals surface area contributed by atoms with Gasteiger partial charge in [-0.05, 0) is 32.0 Å². The van der Waals surface area contributed by atoms with E-state index in [0.717, 1.165) is 31.4 Å². The van der Waals surface area contributed by atoms with Crippen LogP contribution in [0.25, 0.3) is 0 Å². The van der Waals surface area contributed by atoms with Crippen LogP contribution in [0.2, 0.25) is 0 Å². The van der Waals surface area contributed by atoms with Crippen molar-refractivity contribution in [3.63, 3.8) is 0 Å². The third-order valence-corrected chi connectivity index (χ3v) is 4.36. The number of benzene rings is 1. The summed E-state index contributed by atoms with van der Waals surface area (Å²) in [4.78, 5) is 17.4. The third-order valence-electron chi connectivity index (χ3n) is 2.75. The van der Waals surface area contributed by atoms with E-state index in [1.165, 1.54) is 11.3 Å². The van der Waals surface area contributed by atoms with Crippen molar-refractivity contribution in [1.29, 1.82) is 0 Å². The van der Waals surface area contributed by atoms with Crippen molar-refractivity contribution in [2.24, 2.45) is 0 Å². The Morgan fingerprint density at radius 3 is 2.74 bits per heavy atom. The van der Waals surface area contributed by atoms with Crippen LogP contribution < -0.4 is 4.74 Å². The van der Waals surface area contributed by atoms with Crippen LogP contribution in [0, 0.1) is 13.8 Å². The number of aryl methyl sites for hydroxylation is 2. The van der Waals surface area contributed by atoms with Crippen LogP contribution in [0.15, 0.2) is 22.7 Å². The second-order valence-electron chi connectivity index (χ2n) is 4.20. The van der Waals surface area contributed by atoms with E-state index in [0.29, 0.717) is 6.42 Å². The molecule has 0 amide bonds. The largest absolute Gasteiger partial charge is 0.496 e. The molecule has 1 aromatic heterocycles. The molecular formula is C14H14BrNO2S. The van der Waals surface area contributed by atoms with E-state index in [1.807, 2.05) is 32.0 Å². The second-order valence-corrected chi connectivity index (χ2v) is 6.32. The van der Waals surface area contributed by atoms with Crippen LogP contribution in [-0.4, -0.2) is 17.9 Å². The standard InChI is InChI=1S/C14H14BrNO2S/c1-8-14(19-9(2)16-8)12(17)7-10-6-11(15)4-5-13(10)18-3/h4-6H,7H2,1-3H3. The average Bonchev–Trinajstić information content (AvgIpc) is 2.69. The molecule has 0 radical (unpaired) electrons. The van der Waals surface area contributed by atoms with E-state index in [4.69, 9.17) is 4.74 Å². The zero-order chi connectivity index (χ0) is 14.0. The van der Waals surface area contributed by atoms with Gasteiger partial charge in [-0.2, -0.15) is 0 Å². The molecule has 0 bridgehead atoms. The summed E-state index contributed by atoms with van der Waals surface area (Å²) in [7, 11) is 1.61. The van der Waals surface area contributed by atoms with E-state index >= 15 is 0 Å². The van der Waals surface area contributed by atoms with Gasteiger partial charge in [0.1, 0.15) is 5.75 Å². The lowest BCUT2D eigenvalue weighted by Crippen LogP contribution is -2.04. The zero-order valence-electron chi connectivity index (χ0n) is 11.0. The second kappa shape index (κ2) is 5.84. The lowest BCUT2D eigenvalue weighted by atomic mass is 10.1. The molecule has 0 aliphatic heterocycles. The molecule has 100 valence electrons. The Hall–Kier alpha value is -1.20. The van der Waals surface area contributed by atoms with Gasteiger partial charge >= 0.3 is 0 Å². The highest BCUT2D eigenvalue weighted by Crippen LogP contribution is 2.26. The maximum atomic E-state index is 12.3. The topological polar surface area (TPSA) is 39.2 Å². The number of thiazole rings is 1. The first-order valence-corrected chi connectivity index (χ1v) is 7.42. The van der Waals surface area contributed by atoms with Crippen molar-refractivity contribution in [2.75, 3.05) is 7.11 Å². The normalized spacial score (nSPS) is 10.5. The Morgan fingerprint density at radius 2 is 2.16 bits per heavy atom. The van der Waals surface area contributed by atoms with Crippen LogP contribution in [0.5, 0.6) is 5.75 Å². The number of aromatic nitrogens is 1. The van der Waals surface area contributed by atoms with Gasteiger partial charge in [-0.3, -0.25) is 4.79 Å². The van der Waals surface area contributed by atoms with Gasteiger partial charge in [-0.15, -0.1) is 11.3 Å². The molecule has 3 nitrogen and oxygen atoms in total. The molecule has 0 spiro atoms. The van der Waals surface area contributed by atoms with Crippen molar-refractivity contribution in [3.05, 3.63) is 43.8 Å².